The summed E-state index contributed by atoms with van der Waals surface area (Å²) in [7, 11) is -3.72. The topological polar surface area (TPSA) is 78.9 Å². The predicted molar refractivity (Wildman–Crippen MR) is 76.0 cm³/mol. The molecule has 1 aromatic carbocycles. The molecule has 1 aromatic rings. The molecule has 7 heteroatoms. The number of hydrogen-bond acceptors (Lipinski definition) is 6. The van der Waals surface area contributed by atoms with Crippen LogP contribution in [0.15, 0.2) is 30.3 Å². The lowest BCUT2D eigenvalue weighted by Gasteiger charge is -2.26. The number of carbonyl (C=O) groups excluding carboxylic acids is 3. The molecule has 0 aromatic heterocycles. The summed E-state index contributed by atoms with van der Waals surface area (Å²) in [6.07, 6.45) is 0.459. The van der Waals surface area contributed by atoms with Crippen molar-refractivity contribution < 1.29 is 27.7 Å². The maximum Gasteiger partial charge on any atom is 0.705 e. The Bertz CT molecular complexity index is 473. The number of hydrogen-bond donors (Lipinski definition) is 0. The monoisotopic (exact) mass is 310 g/mol. The highest BCUT2D eigenvalue weighted by atomic mass is 28.4. The van der Waals surface area contributed by atoms with E-state index < -0.39 is 26.7 Å². The molecule has 1 rings (SSSR count). The van der Waals surface area contributed by atoms with Gasteiger partial charge in [0.1, 0.15) is 0 Å². The lowest BCUT2D eigenvalue weighted by Crippen LogP contribution is -2.49. The van der Waals surface area contributed by atoms with Crippen LogP contribution in [-0.2, 0) is 34.1 Å². The van der Waals surface area contributed by atoms with Crippen LogP contribution in [0.4, 0.5) is 0 Å². The van der Waals surface area contributed by atoms with E-state index in [0.29, 0.717) is 6.42 Å². The molecule has 114 valence electrons. The first kappa shape index (κ1) is 16.9. The Morgan fingerprint density at radius 3 is 1.67 bits per heavy atom. The summed E-state index contributed by atoms with van der Waals surface area (Å²) in [5, 5.41) is 0. The minimum Gasteiger partial charge on any atom is -0.455 e. The molecule has 6 nitrogen and oxygen atoms in total. The molecule has 0 saturated carbocycles. The molecule has 0 amide bonds. The maximum atomic E-state index is 11.3. The van der Waals surface area contributed by atoms with Gasteiger partial charge >= 0.3 is 8.80 Å². The average molecular weight is 310 g/mol. The highest BCUT2D eigenvalue weighted by molar-refractivity contribution is 6.65. The molecule has 0 aliphatic carbocycles. The SMILES string of the molecule is CC(=O)O[Si](CCc1ccccc1)(OC(C)=O)OC(C)=O. The fourth-order valence-corrected chi connectivity index (χ4v) is 4.15. The van der Waals surface area contributed by atoms with Gasteiger partial charge in [0.05, 0.1) is 6.04 Å². The molecule has 0 aliphatic rings. The van der Waals surface area contributed by atoms with Crippen molar-refractivity contribution in [3.8, 4) is 0 Å². The lowest BCUT2D eigenvalue weighted by atomic mass is 10.2. The summed E-state index contributed by atoms with van der Waals surface area (Å²) >= 11 is 0. The molecule has 0 spiro atoms. The molecule has 0 saturated heterocycles. The Labute approximate surface area is 124 Å². The molecule has 0 radical (unpaired) electrons. The van der Waals surface area contributed by atoms with Crippen LogP contribution in [0.3, 0.4) is 0 Å². The van der Waals surface area contributed by atoms with E-state index in [2.05, 4.69) is 0 Å². The summed E-state index contributed by atoms with van der Waals surface area (Å²) in [5.74, 6) is -1.97. The average Bonchev–Trinajstić information content (AvgIpc) is 2.35. The standard InChI is InChI=1S/C14H18O6Si/c1-11(15)18-21(19-12(2)16,20-13(3)17)10-9-14-7-5-4-6-8-14/h4-8H,9-10H2,1-3H3. The molecule has 0 bridgehead atoms. The van der Waals surface area contributed by atoms with Gasteiger partial charge in [-0.1, -0.05) is 30.3 Å². The van der Waals surface area contributed by atoms with Crippen molar-refractivity contribution in [3.05, 3.63) is 35.9 Å². The van der Waals surface area contributed by atoms with Gasteiger partial charge in [0.25, 0.3) is 17.9 Å². The van der Waals surface area contributed by atoms with Gasteiger partial charge < -0.3 is 13.3 Å². The highest BCUT2D eigenvalue weighted by Gasteiger charge is 2.51. The summed E-state index contributed by atoms with van der Waals surface area (Å²) < 4.78 is 15.3. The van der Waals surface area contributed by atoms with Crippen LogP contribution in [0.2, 0.25) is 6.04 Å². The van der Waals surface area contributed by atoms with Crippen LogP contribution in [0.1, 0.15) is 26.3 Å². The van der Waals surface area contributed by atoms with Gasteiger partial charge in [0, 0.05) is 20.8 Å². The molecular formula is C14H18O6Si. The molecule has 0 aliphatic heterocycles. The second-order valence-corrected chi connectivity index (χ2v) is 6.93. The van der Waals surface area contributed by atoms with Gasteiger partial charge in [-0.3, -0.25) is 14.4 Å². The number of carbonyl (C=O) groups is 3. The minimum atomic E-state index is -3.72. The van der Waals surface area contributed by atoms with Crippen molar-refractivity contribution in [2.45, 2.75) is 33.2 Å². The van der Waals surface area contributed by atoms with E-state index in [1.807, 2.05) is 30.3 Å². The zero-order valence-electron chi connectivity index (χ0n) is 12.3. The van der Waals surface area contributed by atoms with Gasteiger partial charge in [0.15, 0.2) is 0 Å². The Morgan fingerprint density at radius 2 is 1.29 bits per heavy atom. The third-order valence-corrected chi connectivity index (χ3v) is 5.12. The maximum absolute atomic E-state index is 11.3. The van der Waals surface area contributed by atoms with Gasteiger partial charge in [-0.15, -0.1) is 0 Å². The fraction of sp³-hybridized carbons (Fsp3) is 0.357. The Kier molecular flexibility index (Phi) is 6.10. The Hall–Kier alpha value is -2.15. The summed E-state index contributed by atoms with van der Waals surface area (Å²) in [5.41, 5.74) is 0.959. The third kappa shape index (κ3) is 6.22. The van der Waals surface area contributed by atoms with Crippen molar-refractivity contribution in [3.63, 3.8) is 0 Å². The highest BCUT2D eigenvalue weighted by Crippen LogP contribution is 2.20. The van der Waals surface area contributed by atoms with E-state index in [4.69, 9.17) is 13.3 Å². The van der Waals surface area contributed by atoms with Crippen molar-refractivity contribution >= 4 is 26.7 Å². The van der Waals surface area contributed by atoms with Gasteiger partial charge in [0.2, 0.25) is 0 Å². The van der Waals surface area contributed by atoms with Crippen molar-refractivity contribution in [1.29, 1.82) is 0 Å². The van der Waals surface area contributed by atoms with Gasteiger partial charge in [-0.25, -0.2) is 0 Å². The number of benzene rings is 1. The number of rotatable bonds is 6. The lowest BCUT2D eigenvalue weighted by molar-refractivity contribution is -0.147. The first-order valence-electron chi connectivity index (χ1n) is 6.45. The van der Waals surface area contributed by atoms with E-state index in [9.17, 15) is 14.4 Å². The summed E-state index contributed by atoms with van der Waals surface area (Å²) in [6, 6.07) is 9.52. The normalized spacial score (nSPS) is 10.6. The third-order valence-electron chi connectivity index (χ3n) is 2.46. The molecule has 0 heterocycles. The van der Waals surface area contributed by atoms with E-state index in [-0.39, 0.29) is 6.04 Å². The molecule has 0 N–H and O–H groups in total. The van der Waals surface area contributed by atoms with E-state index in [1.54, 1.807) is 0 Å². The first-order valence-corrected chi connectivity index (χ1v) is 8.39. The molecule has 0 fully saturated rings. The summed E-state index contributed by atoms with van der Waals surface area (Å²) in [6.45, 7) is 3.53. The number of aryl methyl sites for hydroxylation is 1. The summed E-state index contributed by atoms with van der Waals surface area (Å²) in [4.78, 5) is 33.8. The fourth-order valence-electron chi connectivity index (χ4n) is 1.81. The Balaban J connectivity index is 2.93. The second kappa shape index (κ2) is 7.58. The minimum absolute atomic E-state index is 0.149. The van der Waals surface area contributed by atoms with E-state index in [0.717, 1.165) is 5.56 Å². The quantitative estimate of drug-likeness (QED) is 0.746. The van der Waals surface area contributed by atoms with Crippen LogP contribution in [0.25, 0.3) is 0 Å². The van der Waals surface area contributed by atoms with E-state index in [1.165, 1.54) is 20.8 Å². The van der Waals surface area contributed by atoms with Crippen molar-refractivity contribution in [2.75, 3.05) is 0 Å². The largest absolute Gasteiger partial charge is 0.705 e. The predicted octanol–water partition coefficient (Wildman–Crippen LogP) is 1.86. The zero-order chi connectivity index (χ0) is 15.9. The van der Waals surface area contributed by atoms with Crippen molar-refractivity contribution in [1.82, 2.24) is 0 Å². The smallest absolute Gasteiger partial charge is 0.455 e. The molecular weight excluding hydrogens is 292 g/mol. The first-order chi connectivity index (χ1) is 9.83. The van der Waals surface area contributed by atoms with Crippen LogP contribution >= 0.6 is 0 Å². The van der Waals surface area contributed by atoms with Gasteiger partial charge in [-0.2, -0.15) is 0 Å². The second-order valence-electron chi connectivity index (χ2n) is 4.45. The van der Waals surface area contributed by atoms with Crippen LogP contribution in [0, 0.1) is 0 Å². The van der Waals surface area contributed by atoms with Gasteiger partial charge in [-0.05, 0) is 12.0 Å². The molecule has 0 atom stereocenters. The van der Waals surface area contributed by atoms with E-state index >= 15 is 0 Å². The molecule has 21 heavy (non-hydrogen) atoms. The Morgan fingerprint density at radius 1 is 0.857 bits per heavy atom. The van der Waals surface area contributed by atoms with Crippen LogP contribution in [-0.4, -0.2) is 26.7 Å². The molecule has 0 unspecified atom stereocenters. The van der Waals surface area contributed by atoms with Crippen LogP contribution < -0.4 is 0 Å². The zero-order valence-corrected chi connectivity index (χ0v) is 13.3. The van der Waals surface area contributed by atoms with Crippen molar-refractivity contribution in [2.24, 2.45) is 0 Å². The van der Waals surface area contributed by atoms with Crippen LogP contribution in [0.5, 0.6) is 0 Å².